The second-order valence-corrected chi connectivity index (χ2v) is 4.60. The van der Waals surface area contributed by atoms with E-state index in [-0.39, 0.29) is 6.04 Å². The lowest BCUT2D eigenvalue weighted by Gasteiger charge is -2.11. The van der Waals surface area contributed by atoms with E-state index in [1.54, 1.807) is 0 Å². The number of hydrogen-bond acceptors (Lipinski definition) is 1. The second-order valence-electron chi connectivity index (χ2n) is 4.19. The topological polar surface area (TPSA) is 26.0 Å². The number of unbranched alkanes of at least 4 members (excludes halogenated alkanes) is 1. The van der Waals surface area contributed by atoms with Crippen LogP contribution in [0.1, 0.15) is 37.3 Å². The monoisotopic (exact) mass is 225 g/mol. The molecule has 0 aliphatic carbocycles. The molecule has 84 valence electrons. The SMILES string of the molecule is CCCCC(N)Cc1ccc(Cl)c(C)c1. The van der Waals surface area contributed by atoms with Crippen molar-refractivity contribution in [3.8, 4) is 0 Å². The molecule has 1 aromatic carbocycles. The third kappa shape index (κ3) is 4.23. The van der Waals surface area contributed by atoms with Gasteiger partial charge in [0.05, 0.1) is 0 Å². The summed E-state index contributed by atoms with van der Waals surface area (Å²) in [6, 6.07) is 6.44. The van der Waals surface area contributed by atoms with Crippen LogP contribution in [0.25, 0.3) is 0 Å². The van der Waals surface area contributed by atoms with Crippen LogP contribution < -0.4 is 5.73 Å². The number of benzene rings is 1. The number of halogens is 1. The van der Waals surface area contributed by atoms with Gasteiger partial charge in [-0.2, -0.15) is 0 Å². The van der Waals surface area contributed by atoms with Gasteiger partial charge in [-0.25, -0.2) is 0 Å². The Balaban J connectivity index is 2.53. The fourth-order valence-corrected chi connectivity index (χ4v) is 1.82. The molecule has 0 aliphatic heterocycles. The summed E-state index contributed by atoms with van der Waals surface area (Å²) in [5.41, 5.74) is 8.48. The van der Waals surface area contributed by atoms with Gasteiger partial charge in [0.15, 0.2) is 0 Å². The fraction of sp³-hybridized carbons (Fsp3) is 0.538. The van der Waals surface area contributed by atoms with Crippen molar-refractivity contribution in [3.05, 3.63) is 34.3 Å². The van der Waals surface area contributed by atoms with Gasteiger partial charge in [0.2, 0.25) is 0 Å². The second kappa shape index (κ2) is 6.14. The summed E-state index contributed by atoms with van der Waals surface area (Å²) in [6.45, 7) is 4.22. The molecule has 0 heterocycles. The Hall–Kier alpha value is -0.530. The van der Waals surface area contributed by atoms with E-state index in [1.165, 1.54) is 18.4 Å². The van der Waals surface area contributed by atoms with Gasteiger partial charge < -0.3 is 5.73 Å². The van der Waals surface area contributed by atoms with Crippen molar-refractivity contribution in [2.24, 2.45) is 5.73 Å². The van der Waals surface area contributed by atoms with Gasteiger partial charge in [-0.05, 0) is 37.0 Å². The minimum Gasteiger partial charge on any atom is -0.327 e. The molecule has 0 amide bonds. The molecule has 0 saturated heterocycles. The first-order valence-electron chi connectivity index (χ1n) is 5.64. The third-order valence-corrected chi connectivity index (χ3v) is 3.07. The maximum absolute atomic E-state index is 6.05. The van der Waals surface area contributed by atoms with E-state index < -0.39 is 0 Å². The van der Waals surface area contributed by atoms with Crippen molar-refractivity contribution in [2.45, 2.75) is 45.6 Å². The fourth-order valence-electron chi connectivity index (χ4n) is 1.70. The van der Waals surface area contributed by atoms with E-state index in [4.69, 9.17) is 17.3 Å². The van der Waals surface area contributed by atoms with E-state index >= 15 is 0 Å². The maximum Gasteiger partial charge on any atom is 0.0435 e. The van der Waals surface area contributed by atoms with Crippen LogP contribution in [0.4, 0.5) is 0 Å². The first kappa shape index (κ1) is 12.5. The molecule has 2 heteroatoms. The van der Waals surface area contributed by atoms with Gasteiger partial charge in [-0.3, -0.25) is 0 Å². The molecule has 0 radical (unpaired) electrons. The predicted molar refractivity (Wildman–Crippen MR) is 67.4 cm³/mol. The standard InChI is InChI=1S/C13H20ClN/c1-3-4-5-12(15)9-11-6-7-13(14)10(2)8-11/h6-8,12H,3-5,9,15H2,1-2H3. The molecule has 0 spiro atoms. The van der Waals surface area contributed by atoms with Crippen molar-refractivity contribution in [1.29, 1.82) is 0 Å². The van der Waals surface area contributed by atoms with Crippen molar-refractivity contribution >= 4 is 11.6 Å². The lowest BCUT2D eigenvalue weighted by Crippen LogP contribution is -2.22. The quantitative estimate of drug-likeness (QED) is 0.813. The van der Waals surface area contributed by atoms with E-state index in [2.05, 4.69) is 19.1 Å². The van der Waals surface area contributed by atoms with Gasteiger partial charge >= 0.3 is 0 Å². The van der Waals surface area contributed by atoms with Gasteiger partial charge in [-0.1, -0.05) is 43.5 Å². The summed E-state index contributed by atoms with van der Waals surface area (Å²) in [7, 11) is 0. The molecule has 1 aromatic rings. The number of nitrogens with two attached hydrogens (primary N) is 1. The summed E-state index contributed by atoms with van der Waals surface area (Å²) in [5, 5.41) is 0.834. The van der Waals surface area contributed by atoms with E-state index in [0.717, 1.165) is 23.4 Å². The van der Waals surface area contributed by atoms with Gasteiger partial charge in [0.25, 0.3) is 0 Å². The van der Waals surface area contributed by atoms with Crippen molar-refractivity contribution < 1.29 is 0 Å². The molecule has 0 aliphatic rings. The molecule has 0 saturated carbocycles. The molecule has 0 bridgehead atoms. The Morgan fingerprint density at radius 3 is 2.73 bits per heavy atom. The Morgan fingerprint density at radius 2 is 2.13 bits per heavy atom. The number of aryl methyl sites for hydroxylation is 1. The highest BCUT2D eigenvalue weighted by molar-refractivity contribution is 6.31. The Kier molecular flexibility index (Phi) is 5.13. The normalized spacial score (nSPS) is 12.8. The summed E-state index contributed by atoms with van der Waals surface area (Å²) in [4.78, 5) is 0. The Morgan fingerprint density at radius 1 is 1.40 bits per heavy atom. The van der Waals surface area contributed by atoms with Crippen molar-refractivity contribution in [2.75, 3.05) is 0 Å². The molecule has 1 atom stereocenters. The lowest BCUT2D eigenvalue weighted by atomic mass is 10.0. The summed E-state index contributed by atoms with van der Waals surface area (Å²) >= 11 is 5.97. The molecular weight excluding hydrogens is 206 g/mol. The summed E-state index contributed by atoms with van der Waals surface area (Å²) in [6.07, 6.45) is 4.50. The summed E-state index contributed by atoms with van der Waals surface area (Å²) < 4.78 is 0. The average molecular weight is 226 g/mol. The molecule has 0 fully saturated rings. The van der Waals surface area contributed by atoms with Crippen LogP contribution in [0.15, 0.2) is 18.2 Å². The number of rotatable bonds is 5. The van der Waals surface area contributed by atoms with E-state index in [1.807, 2.05) is 13.0 Å². The van der Waals surface area contributed by atoms with Crippen molar-refractivity contribution in [3.63, 3.8) is 0 Å². The minimum atomic E-state index is 0.283. The zero-order valence-corrected chi connectivity index (χ0v) is 10.3. The lowest BCUT2D eigenvalue weighted by molar-refractivity contribution is 0.574. The molecule has 2 N–H and O–H groups in total. The third-order valence-electron chi connectivity index (χ3n) is 2.65. The minimum absolute atomic E-state index is 0.283. The van der Waals surface area contributed by atoms with Gasteiger partial charge in [-0.15, -0.1) is 0 Å². The first-order chi connectivity index (χ1) is 7.13. The van der Waals surface area contributed by atoms with Crippen molar-refractivity contribution in [1.82, 2.24) is 0 Å². The Labute approximate surface area is 97.6 Å². The average Bonchev–Trinajstić information content (AvgIpc) is 2.20. The van der Waals surface area contributed by atoms with E-state index in [9.17, 15) is 0 Å². The molecular formula is C13H20ClN. The van der Waals surface area contributed by atoms with E-state index in [0.29, 0.717) is 0 Å². The van der Waals surface area contributed by atoms with Crippen LogP contribution in [-0.2, 0) is 6.42 Å². The molecule has 1 nitrogen and oxygen atoms in total. The highest BCUT2D eigenvalue weighted by Crippen LogP contribution is 2.17. The largest absolute Gasteiger partial charge is 0.327 e. The van der Waals surface area contributed by atoms with Crippen LogP contribution in [0.3, 0.4) is 0 Å². The highest BCUT2D eigenvalue weighted by Gasteiger charge is 2.04. The highest BCUT2D eigenvalue weighted by atomic mass is 35.5. The first-order valence-corrected chi connectivity index (χ1v) is 6.02. The van der Waals surface area contributed by atoms with Crippen LogP contribution in [0, 0.1) is 6.92 Å². The van der Waals surface area contributed by atoms with Crippen LogP contribution in [-0.4, -0.2) is 6.04 Å². The van der Waals surface area contributed by atoms with Crippen LogP contribution in [0.2, 0.25) is 5.02 Å². The molecule has 15 heavy (non-hydrogen) atoms. The number of hydrogen-bond donors (Lipinski definition) is 1. The van der Waals surface area contributed by atoms with Crippen LogP contribution in [0.5, 0.6) is 0 Å². The Bertz CT molecular complexity index is 309. The van der Waals surface area contributed by atoms with Gasteiger partial charge in [0, 0.05) is 11.1 Å². The smallest absolute Gasteiger partial charge is 0.0435 e. The molecule has 1 unspecified atom stereocenters. The molecule has 0 aromatic heterocycles. The maximum atomic E-state index is 6.05. The zero-order valence-electron chi connectivity index (χ0n) is 9.59. The summed E-state index contributed by atoms with van der Waals surface area (Å²) in [5.74, 6) is 0. The predicted octanol–water partition coefficient (Wildman–Crippen LogP) is 3.71. The van der Waals surface area contributed by atoms with Gasteiger partial charge in [0.1, 0.15) is 0 Å². The zero-order chi connectivity index (χ0) is 11.3. The van der Waals surface area contributed by atoms with Crippen LogP contribution >= 0.6 is 11.6 Å². The molecule has 1 rings (SSSR count).